The quantitative estimate of drug-likeness (QED) is 0.518. The fourth-order valence-electron chi connectivity index (χ4n) is 2.14. The molecule has 1 rings (SSSR count). The first-order valence-corrected chi connectivity index (χ1v) is 6.63. The SMILES string of the molecule is NC(=O)CC(N)C(=O)NCCCN1CCCCC1. The molecule has 1 aliphatic heterocycles. The molecule has 0 radical (unpaired) electrons. The van der Waals surface area contributed by atoms with Gasteiger partial charge in [0.15, 0.2) is 0 Å². The highest BCUT2D eigenvalue weighted by Gasteiger charge is 2.15. The fourth-order valence-corrected chi connectivity index (χ4v) is 2.14. The van der Waals surface area contributed by atoms with E-state index in [9.17, 15) is 9.59 Å². The molecule has 1 atom stereocenters. The molecule has 1 aliphatic rings. The highest BCUT2D eigenvalue weighted by Crippen LogP contribution is 2.08. The van der Waals surface area contributed by atoms with Gasteiger partial charge in [0.25, 0.3) is 0 Å². The van der Waals surface area contributed by atoms with Gasteiger partial charge in [-0.25, -0.2) is 0 Å². The summed E-state index contributed by atoms with van der Waals surface area (Å²) in [5, 5.41) is 2.73. The summed E-state index contributed by atoms with van der Waals surface area (Å²) in [6, 6.07) is -0.822. The average molecular weight is 256 g/mol. The molecular weight excluding hydrogens is 232 g/mol. The van der Waals surface area contributed by atoms with Gasteiger partial charge in [-0.2, -0.15) is 0 Å². The van der Waals surface area contributed by atoms with E-state index in [0.717, 1.165) is 26.1 Å². The van der Waals surface area contributed by atoms with E-state index in [1.807, 2.05) is 0 Å². The third-order valence-electron chi connectivity index (χ3n) is 3.16. The molecule has 0 bridgehead atoms. The number of piperidine rings is 1. The first kappa shape index (κ1) is 14.9. The summed E-state index contributed by atoms with van der Waals surface area (Å²) in [7, 11) is 0. The van der Waals surface area contributed by atoms with Crippen molar-refractivity contribution >= 4 is 11.8 Å². The second-order valence-corrected chi connectivity index (χ2v) is 4.82. The number of nitrogens with two attached hydrogens (primary N) is 2. The third kappa shape index (κ3) is 5.97. The molecule has 1 unspecified atom stereocenters. The monoisotopic (exact) mass is 256 g/mol. The van der Waals surface area contributed by atoms with Crippen LogP contribution in [0.15, 0.2) is 0 Å². The zero-order chi connectivity index (χ0) is 13.4. The molecular formula is C12H24N4O2. The predicted molar refractivity (Wildman–Crippen MR) is 69.7 cm³/mol. The van der Waals surface area contributed by atoms with Crippen molar-refractivity contribution in [1.82, 2.24) is 10.2 Å². The van der Waals surface area contributed by atoms with E-state index in [0.29, 0.717) is 6.54 Å². The molecule has 0 aliphatic carbocycles. The van der Waals surface area contributed by atoms with Crippen molar-refractivity contribution in [3.63, 3.8) is 0 Å². The summed E-state index contributed by atoms with van der Waals surface area (Å²) >= 11 is 0. The van der Waals surface area contributed by atoms with Crippen LogP contribution in [0.2, 0.25) is 0 Å². The minimum Gasteiger partial charge on any atom is -0.370 e. The molecule has 0 spiro atoms. The number of hydrogen-bond donors (Lipinski definition) is 3. The minimum absolute atomic E-state index is 0.0992. The zero-order valence-electron chi connectivity index (χ0n) is 10.9. The molecule has 1 saturated heterocycles. The molecule has 0 aromatic carbocycles. The number of carbonyl (C=O) groups excluding carboxylic acids is 2. The van der Waals surface area contributed by atoms with Crippen molar-refractivity contribution in [2.45, 2.75) is 38.1 Å². The highest BCUT2D eigenvalue weighted by atomic mass is 16.2. The Morgan fingerprint density at radius 2 is 1.89 bits per heavy atom. The van der Waals surface area contributed by atoms with E-state index in [1.54, 1.807) is 0 Å². The number of primary amides is 1. The number of nitrogens with one attached hydrogen (secondary N) is 1. The van der Waals surface area contributed by atoms with E-state index in [4.69, 9.17) is 11.5 Å². The predicted octanol–water partition coefficient (Wildman–Crippen LogP) is -0.819. The summed E-state index contributed by atoms with van der Waals surface area (Å²) in [5.74, 6) is -0.849. The van der Waals surface area contributed by atoms with Crippen LogP contribution >= 0.6 is 0 Å². The van der Waals surface area contributed by atoms with Gasteiger partial charge in [0, 0.05) is 6.54 Å². The molecule has 1 heterocycles. The average Bonchev–Trinajstić information content (AvgIpc) is 2.34. The summed E-state index contributed by atoms with van der Waals surface area (Å²) in [6.07, 6.45) is 4.69. The Hall–Kier alpha value is -1.14. The Morgan fingerprint density at radius 1 is 1.22 bits per heavy atom. The van der Waals surface area contributed by atoms with Gasteiger partial charge in [0.1, 0.15) is 0 Å². The Morgan fingerprint density at radius 3 is 2.50 bits per heavy atom. The number of hydrogen-bond acceptors (Lipinski definition) is 4. The molecule has 0 aromatic heterocycles. The number of nitrogens with zero attached hydrogens (tertiary/aromatic N) is 1. The van der Waals surface area contributed by atoms with Gasteiger partial charge in [-0.3, -0.25) is 9.59 Å². The molecule has 1 fully saturated rings. The minimum atomic E-state index is -0.822. The van der Waals surface area contributed by atoms with E-state index >= 15 is 0 Å². The molecule has 0 saturated carbocycles. The maximum atomic E-state index is 11.5. The maximum Gasteiger partial charge on any atom is 0.237 e. The molecule has 0 aromatic rings. The Balaban J connectivity index is 2.05. The smallest absolute Gasteiger partial charge is 0.237 e. The lowest BCUT2D eigenvalue weighted by atomic mass is 10.1. The van der Waals surface area contributed by atoms with E-state index in [-0.39, 0.29) is 12.3 Å². The van der Waals surface area contributed by atoms with Crippen molar-refractivity contribution in [2.24, 2.45) is 11.5 Å². The Kier molecular flexibility index (Phi) is 6.67. The fraction of sp³-hybridized carbons (Fsp3) is 0.833. The lowest BCUT2D eigenvalue weighted by molar-refractivity contribution is -0.126. The van der Waals surface area contributed by atoms with Gasteiger partial charge in [0.2, 0.25) is 11.8 Å². The lowest BCUT2D eigenvalue weighted by Crippen LogP contribution is -2.43. The van der Waals surface area contributed by atoms with Crippen LogP contribution in [-0.2, 0) is 9.59 Å². The first-order chi connectivity index (χ1) is 8.59. The molecule has 6 heteroatoms. The third-order valence-corrected chi connectivity index (χ3v) is 3.16. The van der Waals surface area contributed by atoms with Crippen LogP contribution in [0.4, 0.5) is 0 Å². The Labute approximate surface area is 108 Å². The highest BCUT2D eigenvalue weighted by molar-refractivity contribution is 5.87. The van der Waals surface area contributed by atoms with Gasteiger partial charge in [-0.15, -0.1) is 0 Å². The topological polar surface area (TPSA) is 101 Å². The number of carbonyl (C=O) groups is 2. The van der Waals surface area contributed by atoms with Gasteiger partial charge in [0.05, 0.1) is 12.5 Å². The number of likely N-dealkylation sites (tertiary alicyclic amines) is 1. The van der Waals surface area contributed by atoms with Crippen LogP contribution in [0.3, 0.4) is 0 Å². The molecule has 6 nitrogen and oxygen atoms in total. The Bertz CT molecular complexity index is 277. The number of amides is 2. The van der Waals surface area contributed by atoms with Crippen LogP contribution in [0.5, 0.6) is 0 Å². The second kappa shape index (κ2) is 8.05. The maximum absolute atomic E-state index is 11.5. The van der Waals surface area contributed by atoms with Crippen LogP contribution < -0.4 is 16.8 Å². The van der Waals surface area contributed by atoms with Crippen molar-refractivity contribution < 1.29 is 9.59 Å². The molecule has 18 heavy (non-hydrogen) atoms. The standard InChI is InChI=1S/C12H24N4O2/c13-10(9-11(14)17)12(18)15-5-4-8-16-6-2-1-3-7-16/h10H,1-9,13H2,(H2,14,17)(H,15,18). The molecule has 2 amide bonds. The van der Waals surface area contributed by atoms with Gasteiger partial charge in [-0.1, -0.05) is 6.42 Å². The summed E-state index contributed by atoms with van der Waals surface area (Å²) in [4.78, 5) is 24.5. The lowest BCUT2D eigenvalue weighted by Gasteiger charge is -2.26. The van der Waals surface area contributed by atoms with Crippen molar-refractivity contribution in [3.05, 3.63) is 0 Å². The second-order valence-electron chi connectivity index (χ2n) is 4.82. The molecule has 104 valence electrons. The largest absolute Gasteiger partial charge is 0.370 e. The first-order valence-electron chi connectivity index (χ1n) is 6.63. The van der Waals surface area contributed by atoms with E-state index in [1.165, 1.54) is 19.3 Å². The van der Waals surface area contributed by atoms with Crippen LogP contribution in [0.1, 0.15) is 32.1 Å². The summed E-state index contributed by atoms with van der Waals surface area (Å²) < 4.78 is 0. The summed E-state index contributed by atoms with van der Waals surface area (Å²) in [5.41, 5.74) is 10.5. The van der Waals surface area contributed by atoms with Crippen molar-refractivity contribution in [3.8, 4) is 0 Å². The van der Waals surface area contributed by atoms with Gasteiger partial charge < -0.3 is 21.7 Å². The van der Waals surface area contributed by atoms with E-state index < -0.39 is 11.9 Å². The summed E-state index contributed by atoms with van der Waals surface area (Å²) in [6.45, 7) is 3.93. The van der Waals surface area contributed by atoms with Crippen LogP contribution in [-0.4, -0.2) is 48.9 Å². The number of rotatable bonds is 7. The van der Waals surface area contributed by atoms with E-state index in [2.05, 4.69) is 10.2 Å². The van der Waals surface area contributed by atoms with Crippen LogP contribution in [0.25, 0.3) is 0 Å². The van der Waals surface area contributed by atoms with Crippen molar-refractivity contribution in [1.29, 1.82) is 0 Å². The van der Waals surface area contributed by atoms with Gasteiger partial charge >= 0.3 is 0 Å². The zero-order valence-corrected chi connectivity index (χ0v) is 10.9. The van der Waals surface area contributed by atoms with Crippen molar-refractivity contribution in [2.75, 3.05) is 26.2 Å². The van der Waals surface area contributed by atoms with Gasteiger partial charge in [-0.05, 0) is 38.9 Å². The van der Waals surface area contributed by atoms with Crippen LogP contribution in [0, 0.1) is 0 Å². The molecule has 5 N–H and O–H groups in total. The normalized spacial score (nSPS) is 18.3.